The van der Waals surface area contributed by atoms with E-state index in [0.717, 1.165) is 36.0 Å². The lowest BCUT2D eigenvalue weighted by molar-refractivity contribution is -0.120. The van der Waals surface area contributed by atoms with E-state index < -0.39 is 0 Å². The van der Waals surface area contributed by atoms with E-state index in [1.807, 2.05) is 54.4 Å². The molecule has 1 fully saturated rings. The van der Waals surface area contributed by atoms with Gasteiger partial charge in [0.1, 0.15) is 5.70 Å². The van der Waals surface area contributed by atoms with Crippen LogP contribution in [0.15, 0.2) is 64.8 Å². The number of carbonyl (C=O) groups excluding carboxylic acids is 2. The number of likely N-dealkylation sites (N-methyl/N-ethyl adjacent to an activating group) is 1. The number of rotatable bonds is 4. The monoisotopic (exact) mass is 453 g/mol. The molecule has 2 aromatic rings. The van der Waals surface area contributed by atoms with Gasteiger partial charge in [-0.3, -0.25) is 9.59 Å². The van der Waals surface area contributed by atoms with Crippen molar-refractivity contribution in [1.29, 1.82) is 0 Å². The summed E-state index contributed by atoms with van der Waals surface area (Å²) in [6, 6.07) is 17.0. The van der Waals surface area contributed by atoms with Crippen molar-refractivity contribution in [3.05, 3.63) is 70.3 Å². The zero-order valence-corrected chi connectivity index (χ0v) is 18.2. The van der Waals surface area contributed by atoms with Crippen LogP contribution in [-0.2, 0) is 9.59 Å². The van der Waals surface area contributed by atoms with E-state index in [0.29, 0.717) is 17.0 Å². The molecule has 6 heteroatoms. The summed E-state index contributed by atoms with van der Waals surface area (Å²) in [6.07, 6.45) is 1.94. The number of benzene rings is 2. The van der Waals surface area contributed by atoms with Crippen molar-refractivity contribution >= 4 is 39.0 Å². The topological polar surface area (TPSA) is 43.9 Å². The predicted octanol–water partition coefficient (Wildman–Crippen LogP) is 3.76. The molecule has 0 saturated carbocycles. The van der Waals surface area contributed by atoms with Crippen molar-refractivity contribution < 1.29 is 9.59 Å². The van der Waals surface area contributed by atoms with Crippen LogP contribution < -0.4 is 4.90 Å². The molecule has 0 aliphatic carbocycles. The van der Waals surface area contributed by atoms with Crippen molar-refractivity contribution in [2.45, 2.75) is 18.9 Å². The Morgan fingerprint density at radius 3 is 2.31 bits per heavy atom. The number of amides is 2. The SMILES string of the molecule is CN1CCC(N(C)C2=C(c3ccccc3)C(=O)N(c3cccc(Br)c3)C2=O)CC1. The fourth-order valence-corrected chi connectivity index (χ4v) is 4.51. The van der Waals surface area contributed by atoms with Crippen LogP contribution in [0.4, 0.5) is 5.69 Å². The molecule has 2 aliphatic heterocycles. The Labute approximate surface area is 179 Å². The minimum Gasteiger partial charge on any atom is -0.366 e. The molecule has 5 nitrogen and oxygen atoms in total. The average Bonchev–Trinajstić information content (AvgIpc) is 2.99. The first-order valence-corrected chi connectivity index (χ1v) is 10.6. The number of imide groups is 1. The highest BCUT2D eigenvalue weighted by atomic mass is 79.9. The number of carbonyl (C=O) groups is 2. The van der Waals surface area contributed by atoms with Gasteiger partial charge >= 0.3 is 0 Å². The molecule has 1 saturated heterocycles. The Kier molecular flexibility index (Phi) is 5.56. The summed E-state index contributed by atoms with van der Waals surface area (Å²) in [5.41, 5.74) is 2.33. The summed E-state index contributed by atoms with van der Waals surface area (Å²) in [5, 5.41) is 0. The van der Waals surface area contributed by atoms with Crippen LogP contribution in [0, 0.1) is 0 Å². The largest absolute Gasteiger partial charge is 0.366 e. The first-order valence-electron chi connectivity index (χ1n) is 9.83. The average molecular weight is 454 g/mol. The van der Waals surface area contributed by atoms with Gasteiger partial charge in [-0.25, -0.2) is 4.90 Å². The quantitative estimate of drug-likeness (QED) is 0.661. The maximum absolute atomic E-state index is 13.5. The van der Waals surface area contributed by atoms with Crippen molar-refractivity contribution in [3.63, 3.8) is 0 Å². The van der Waals surface area contributed by atoms with Crippen molar-refractivity contribution in [2.75, 3.05) is 32.1 Å². The molecule has 0 spiro atoms. The van der Waals surface area contributed by atoms with Crippen LogP contribution in [0.2, 0.25) is 0 Å². The van der Waals surface area contributed by atoms with E-state index in [1.165, 1.54) is 4.90 Å². The van der Waals surface area contributed by atoms with E-state index >= 15 is 0 Å². The van der Waals surface area contributed by atoms with Crippen LogP contribution in [0.3, 0.4) is 0 Å². The van der Waals surface area contributed by atoms with Gasteiger partial charge in [0.25, 0.3) is 11.8 Å². The summed E-state index contributed by atoms with van der Waals surface area (Å²) in [6.45, 7) is 1.97. The maximum Gasteiger partial charge on any atom is 0.282 e. The minimum atomic E-state index is -0.269. The van der Waals surface area contributed by atoms with Gasteiger partial charge in [-0.05, 0) is 56.7 Å². The van der Waals surface area contributed by atoms with Crippen molar-refractivity contribution in [2.24, 2.45) is 0 Å². The third-order valence-electron chi connectivity index (χ3n) is 5.78. The number of hydrogen-bond acceptors (Lipinski definition) is 4. The number of nitrogens with zero attached hydrogens (tertiary/aromatic N) is 3. The Balaban J connectivity index is 1.78. The molecule has 2 aliphatic rings. The van der Waals surface area contributed by atoms with Crippen LogP contribution in [0.1, 0.15) is 18.4 Å². The summed E-state index contributed by atoms with van der Waals surface area (Å²) in [4.78, 5) is 32.6. The molecule has 0 radical (unpaired) electrons. The van der Waals surface area contributed by atoms with Gasteiger partial charge in [0.2, 0.25) is 0 Å². The molecule has 2 heterocycles. The molecule has 4 rings (SSSR count). The number of hydrogen-bond donors (Lipinski definition) is 0. The third kappa shape index (κ3) is 3.74. The number of halogens is 1. The molecule has 0 aromatic heterocycles. The molecule has 29 heavy (non-hydrogen) atoms. The van der Waals surface area contributed by atoms with E-state index in [4.69, 9.17) is 0 Å². The van der Waals surface area contributed by atoms with Gasteiger partial charge in [0, 0.05) is 17.6 Å². The number of likely N-dealkylation sites (tertiary alicyclic amines) is 1. The zero-order chi connectivity index (χ0) is 20.5. The van der Waals surface area contributed by atoms with E-state index in [9.17, 15) is 9.59 Å². The lowest BCUT2D eigenvalue weighted by Gasteiger charge is -2.36. The fraction of sp³-hybridized carbons (Fsp3) is 0.304. The molecular weight excluding hydrogens is 430 g/mol. The third-order valence-corrected chi connectivity index (χ3v) is 6.27. The lowest BCUT2D eigenvalue weighted by atomic mass is 10.0. The zero-order valence-electron chi connectivity index (χ0n) is 16.6. The second-order valence-electron chi connectivity index (χ2n) is 7.66. The normalized spacial score (nSPS) is 18.7. The summed E-state index contributed by atoms with van der Waals surface area (Å²) in [5.74, 6) is -0.526. The highest BCUT2D eigenvalue weighted by molar-refractivity contribution is 9.10. The molecule has 2 amide bonds. The molecule has 2 aromatic carbocycles. The number of anilines is 1. The van der Waals surface area contributed by atoms with Crippen molar-refractivity contribution in [3.8, 4) is 0 Å². The summed E-state index contributed by atoms with van der Waals surface area (Å²) >= 11 is 3.44. The minimum absolute atomic E-state index is 0.235. The fourth-order valence-electron chi connectivity index (χ4n) is 4.12. The van der Waals surface area contributed by atoms with Crippen LogP contribution >= 0.6 is 15.9 Å². The van der Waals surface area contributed by atoms with Gasteiger partial charge in [-0.2, -0.15) is 0 Å². The predicted molar refractivity (Wildman–Crippen MR) is 118 cm³/mol. The summed E-state index contributed by atoms with van der Waals surface area (Å²) in [7, 11) is 4.06. The Bertz CT molecular complexity index is 965. The Morgan fingerprint density at radius 2 is 1.66 bits per heavy atom. The second-order valence-corrected chi connectivity index (χ2v) is 8.58. The Morgan fingerprint density at radius 1 is 0.966 bits per heavy atom. The van der Waals surface area contributed by atoms with Crippen molar-refractivity contribution in [1.82, 2.24) is 9.80 Å². The highest BCUT2D eigenvalue weighted by Crippen LogP contribution is 2.36. The van der Waals surface area contributed by atoms with Gasteiger partial charge in [-0.15, -0.1) is 0 Å². The van der Waals surface area contributed by atoms with E-state index in [-0.39, 0.29) is 17.9 Å². The van der Waals surface area contributed by atoms with Crippen LogP contribution in [0.25, 0.3) is 5.57 Å². The molecule has 0 atom stereocenters. The highest BCUT2D eigenvalue weighted by Gasteiger charge is 2.43. The first kappa shape index (κ1) is 19.9. The van der Waals surface area contributed by atoms with Crippen LogP contribution in [-0.4, -0.2) is 54.8 Å². The van der Waals surface area contributed by atoms with E-state index in [2.05, 4.69) is 27.9 Å². The molecule has 0 N–H and O–H groups in total. The first-order chi connectivity index (χ1) is 14.0. The smallest absolute Gasteiger partial charge is 0.282 e. The van der Waals surface area contributed by atoms with Gasteiger partial charge in [0.05, 0.1) is 11.3 Å². The van der Waals surface area contributed by atoms with Gasteiger partial charge in [0.15, 0.2) is 0 Å². The molecule has 0 bridgehead atoms. The molecular formula is C23H24BrN3O2. The second kappa shape index (κ2) is 8.13. The maximum atomic E-state index is 13.5. The Hall–Kier alpha value is -2.44. The standard InChI is InChI=1S/C23H24BrN3O2/c1-25-13-11-18(12-14-25)26(2)21-20(16-7-4-3-5-8-16)22(28)27(23(21)29)19-10-6-9-17(24)15-19/h3-10,15,18H,11-14H2,1-2H3. The summed E-state index contributed by atoms with van der Waals surface area (Å²) < 4.78 is 0.828. The van der Waals surface area contributed by atoms with Gasteiger partial charge in [-0.1, -0.05) is 52.3 Å². The lowest BCUT2D eigenvalue weighted by Crippen LogP contribution is -2.43. The van der Waals surface area contributed by atoms with Gasteiger partial charge < -0.3 is 9.80 Å². The molecule has 0 unspecified atom stereocenters. The van der Waals surface area contributed by atoms with E-state index in [1.54, 1.807) is 12.1 Å². The van der Waals surface area contributed by atoms with Crippen LogP contribution in [0.5, 0.6) is 0 Å². The number of piperidine rings is 1. The molecule has 150 valence electrons.